The van der Waals surface area contributed by atoms with Crippen LogP contribution in [0.2, 0.25) is 0 Å². The van der Waals surface area contributed by atoms with Crippen LogP contribution >= 0.6 is 0 Å². The van der Waals surface area contributed by atoms with E-state index in [0.717, 1.165) is 17.8 Å². The van der Waals surface area contributed by atoms with Crippen LogP contribution in [0.25, 0.3) is 0 Å². The number of anilines is 1. The molecule has 15 heavy (non-hydrogen) atoms. The minimum Gasteiger partial charge on any atom is -0.385 e. The molecule has 0 aromatic heterocycles. The largest absolute Gasteiger partial charge is 0.385 e. The molecule has 2 nitrogen and oxygen atoms in total. The molecule has 0 aliphatic carbocycles. The van der Waals surface area contributed by atoms with Gasteiger partial charge in [0.15, 0.2) is 5.78 Å². The van der Waals surface area contributed by atoms with Crippen molar-refractivity contribution < 1.29 is 4.79 Å². The highest BCUT2D eigenvalue weighted by molar-refractivity contribution is 5.94. The quantitative estimate of drug-likeness (QED) is 0.767. The summed E-state index contributed by atoms with van der Waals surface area (Å²) in [5, 5.41) is 3.34. The first-order chi connectivity index (χ1) is 6.88. The Morgan fingerprint density at radius 2 is 1.73 bits per heavy atom. The Morgan fingerprint density at radius 3 is 2.13 bits per heavy atom. The van der Waals surface area contributed by atoms with Crippen molar-refractivity contribution in [3.63, 3.8) is 0 Å². The van der Waals surface area contributed by atoms with Gasteiger partial charge in [-0.2, -0.15) is 0 Å². The molecule has 0 unspecified atom stereocenters. The van der Waals surface area contributed by atoms with E-state index in [-0.39, 0.29) is 11.2 Å². The molecule has 0 aliphatic heterocycles. The van der Waals surface area contributed by atoms with E-state index in [1.165, 1.54) is 0 Å². The number of carbonyl (C=O) groups excluding carboxylic acids is 1. The summed E-state index contributed by atoms with van der Waals surface area (Å²) in [6, 6.07) is 7.60. The lowest BCUT2D eigenvalue weighted by molar-refractivity contribution is 0.101. The zero-order valence-electron chi connectivity index (χ0n) is 9.92. The molecule has 0 amide bonds. The van der Waals surface area contributed by atoms with E-state index in [2.05, 4.69) is 26.1 Å². The molecule has 1 aromatic rings. The molecular weight excluding hydrogens is 186 g/mol. The van der Waals surface area contributed by atoms with Crippen LogP contribution in [0.1, 0.15) is 38.1 Å². The van der Waals surface area contributed by atoms with E-state index in [0.29, 0.717) is 0 Å². The normalized spacial score (nSPS) is 11.2. The van der Waals surface area contributed by atoms with Crippen molar-refractivity contribution in [2.75, 3.05) is 11.9 Å². The standard InChI is InChI=1S/C13H19NO/c1-10(15)11-5-7-12(8-6-11)14-9-13(2,3)4/h5-8,14H,9H2,1-4H3. The molecule has 1 aromatic carbocycles. The van der Waals surface area contributed by atoms with E-state index < -0.39 is 0 Å². The molecule has 0 spiro atoms. The summed E-state index contributed by atoms with van der Waals surface area (Å²) in [5.41, 5.74) is 2.09. The first-order valence-corrected chi connectivity index (χ1v) is 5.23. The number of carbonyl (C=O) groups is 1. The highest BCUT2D eigenvalue weighted by atomic mass is 16.1. The van der Waals surface area contributed by atoms with Crippen molar-refractivity contribution in [1.29, 1.82) is 0 Å². The van der Waals surface area contributed by atoms with Gasteiger partial charge in [-0.05, 0) is 36.6 Å². The summed E-state index contributed by atoms with van der Waals surface area (Å²) in [7, 11) is 0. The molecule has 0 fully saturated rings. The summed E-state index contributed by atoms with van der Waals surface area (Å²) in [6.45, 7) is 9.06. The molecule has 0 atom stereocenters. The van der Waals surface area contributed by atoms with Gasteiger partial charge in [-0.3, -0.25) is 4.79 Å². The van der Waals surface area contributed by atoms with E-state index in [1.54, 1.807) is 6.92 Å². The Labute approximate surface area is 91.7 Å². The van der Waals surface area contributed by atoms with Crippen LogP contribution in [0.15, 0.2) is 24.3 Å². The molecule has 0 saturated carbocycles. The third kappa shape index (κ3) is 4.15. The van der Waals surface area contributed by atoms with Crippen LogP contribution in [0.5, 0.6) is 0 Å². The zero-order valence-corrected chi connectivity index (χ0v) is 9.92. The second-order valence-electron chi connectivity index (χ2n) is 5.05. The lowest BCUT2D eigenvalue weighted by atomic mass is 9.97. The van der Waals surface area contributed by atoms with Crippen LogP contribution in [-0.4, -0.2) is 12.3 Å². The average molecular weight is 205 g/mol. The Kier molecular flexibility index (Phi) is 3.51. The second kappa shape index (κ2) is 4.47. The summed E-state index contributed by atoms with van der Waals surface area (Å²) in [4.78, 5) is 11.1. The zero-order chi connectivity index (χ0) is 11.5. The second-order valence-corrected chi connectivity index (χ2v) is 5.05. The lowest BCUT2D eigenvalue weighted by Gasteiger charge is -2.19. The molecule has 1 rings (SSSR count). The fourth-order valence-electron chi connectivity index (χ4n) is 1.19. The maximum atomic E-state index is 11.1. The number of nitrogens with one attached hydrogen (secondary N) is 1. The molecule has 0 aliphatic rings. The van der Waals surface area contributed by atoms with Crippen molar-refractivity contribution in [2.24, 2.45) is 5.41 Å². The van der Waals surface area contributed by atoms with Gasteiger partial charge in [0.2, 0.25) is 0 Å². The maximum Gasteiger partial charge on any atom is 0.159 e. The fraction of sp³-hybridized carbons (Fsp3) is 0.462. The molecular formula is C13H19NO. The minimum atomic E-state index is 0.109. The monoisotopic (exact) mass is 205 g/mol. The Hall–Kier alpha value is -1.31. The molecule has 2 heteroatoms. The Morgan fingerprint density at radius 1 is 1.20 bits per heavy atom. The third-order valence-electron chi connectivity index (χ3n) is 2.11. The number of hydrogen-bond donors (Lipinski definition) is 1. The van der Waals surface area contributed by atoms with E-state index in [4.69, 9.17) is 0 Å². The van der Waals surface area contributed by atoms with Crippen molar-refractivity contribution >= 4 is 11.5 Å². The fourth-order valence-corrected chi connectivity index (χ4v) is 1.19. The summed E-state index contributed by atoms with van der Waals surface area (Å²) in [6.07, 6.45) is 0. The van der Waals surface area contributed by atoms with Crippen LogP contribution in [0, 0.1) is 5.41 Å². The topological polar surface area (TPSA) is 29.1 Å². The third-order valence-corrected chi connectivity index (χ3v) is 2.11. The highest BCUT2D eigenvalue weighted by Gasteiger charge is 2.09. The van der Waals surface area contributed by atoms with Gasteiger partial charge in [0, 0.05) is 17.8 Å². The Bertz CT molecular complexity index is 333. The number of rotatable bonds is 3. The van der Waals surface area contributed by atoms with Gasteiger partial charge in [0.1, 0.15) is 0 Å². The smallest absolute Gasteiger partial charge is 0.159 e. The molecule has 0 heterocycles. The van der Waals surface area contributed by atoms with Gasteiger partial charge >= 0.3 is 0 Å². The summed E-state index contributed by atoms with van der Waals surface area (Å²) >= 11 is 0. The van der Waals surface area contributed by atoms with Gasteiger partial charge in [0.25, 0.3) is 0 Å². The molecule has 0 saturated heterocycles. The lowest BCUT2D eigenvalue weighted by Crippen LogP contribution is -2.18. The molecule has 0 bridgehead atoms. The predicted molar refractivity (Wildman–Crippen MR) is 64.4 cm³/mol. The highest BCUT2D eigenvalue weighted by Crippen LogP contribution is 2.16. The maximum absolute atomic E-state index is 11.1. The van der Waals surface area contributed by atoms with Crippen molar-refractivity contribution in [1.82, 2.24) is 0 Å². The van der Waals surface area contributed by atoms with Crippen LogP contribution in [0.4, 0.5) is 5.69 Å². The van der Waals surface area contributed by atoms with E-state index >= 15 is 0 Å². The van der Waals surface area contributed by atoms with Crippen LogP contribution in [0.3, 0.4) is 0 Å². The Balaban J connectivity index is 2.61. The molecule has 82 valence electrons. The van der Waals surface area contributed by atoms with Crippen LogP contribution < -0.4 is 5.32 Å². The molecule has 0 radical (unpaired) electrons. The first kappa shape index (κ1) is 11.8. The summed E-state index contributed by atoms with van der Waals surface area (Å²) in [5.74, 6) is 0.109. The van der Waals surface area contributed by atoms with Crippen molar-refractivity contribution in [3.8, 4) is 0 Å². The number of ketones is 1. The minimum absolute atomic E-state index is 0.109. The van der Waals surface area contributed by atoms with Crippen molar-refractivity contribution in [2.45, 2.75) is 27.7 Å². The number of benzene rings is 1. The van der Waals surface area contributed by atoms with E-state index in [9.17, 15) is 4.79 Å². The number of Topliss-reactive ketones (excluding diaryl/α,β-unsaturated/α-hetero) is 1. The molecule has 1 N–H and O–H groups in total. The van der Waals surface area contributed by atoms with Gasteiger partial charge in [0.05, 0.1) is 0 Å². The van der Waals surface area contributed by atoms with Gasteiger partial charge in [-0.1, -0.05) is 20.8 Å². The first-order valence-electron chi connectivity index (χ1n) is 5.23. The van der Waals surface area contributed by atoms with E-state index in [1.807, 2.05) is 24.3 Å². The van der Waals surface area contributed by atoms with Crippen molar-refractivity contribution in [3.05, 3.63) is 29.8 Å². The van der Waals surface area contributed by atoms with Gasteiger partial charge < -0.3 is 5.32 Å². The predicted octanol–water partition coefficient (Wildman–Crippen LogP) is 3.35. The SMILES string of the molecule is CC(=O)c1ccc(NCC(C)(C)C)cc1. The van der Waals surface area contributed by atoms with Gasteiger partial charge in [-0.15, -0.1) is 0 Å². The summed E-state index contributed by atoms with van der Waals surface area (Å²) < 4.78 is 0. The number of hydrogen-bond acceptors (Lipinski definition) is 2. The van der Waals surface area contributed by atoms with Crippen LogP contribution in [-0.2, 0) is 0 Å². The van der Waals surface area contributed by atoms with Gasteiger partial charge in [-0.25, -0.2) is 0 Å². The average Bonchev–Trinajstić information content (AvgIpc) is 2.14.